The number of hydrogen-bond acceptors (Lipinski definition) is 7. The second-order valence-electron chi connectivity index (χ2n) is 16.9. The minimum Gasteiger partial charge on any atom is -0.471 e. The molecule has 3 aliphatic rings. The molecule has 0 radical (unpaired) electrons. The first-order valence-electron chi connectivity index (χ1n) is 18.8. The third-order valence-electron chi connectivity index (χ3n) is 10.8. The van der Waals surface area contributed by atoms with Gasteiger partial charge >= 0.3 is 0 Å². The van der Waals surface area contributed by atoms with Crippen molar-refractivity contribution in [2.24, 2.45) is 39.7 Å². The second-order valence-corrected chi connectivity index (χ2v) is 17.3. The Balaban J connectivity index is 0.00000163. The maximum absolute atomic E-state index is 14.3. The van der Waals surface area contributed by atoms with Crippen molar-refractivity contribution in [1.82, 2.24) is 20.2 Å². The summed E-state index contributed by atoms with van der Waals surface area (Å²) in [6, 6.07) is 5.96. The molecule has 2 aromatic rings. The van der Waals surface area contributed by atoms with E-state index in [1.807, 2.05) is 65.8 Å². The summed E-state index contributed by atoms with van der Waals surface area (Å²) in [5, 5.41) is 2.80. The third kappa shape index (κ3) is 9.58. The number of benzene rings is 1. The molecule has 9 nitrogen and oxygen atoms in total. The molecule has 50 heavy (non-hydrogen) atoms. The summed E-state index contributed by atoms with van der Waals surface area (Å²) in [7, 11) is 0. The number of amides is 2. The van der Waals surface area contributed by atoms with Crippen LogP contribution >= 0.6 is 12.6 Å². The van der Waals surface area contributed by atoms with Gasteiger partial charge in [0.1, 0.15) is 17.7 Å². The predicted molar refractivity (Wildman–Crippen MR) is 206 cm³/mol. The largest absolute Gasteiger partial charge is 0.471 e. The first-order valence-corrected chi connectivity index (χ1v) is 19.3. The first-order chi connectivity index (χ1) is 23.3. The number of piperidine rings is 1. The molecule has 2 aliphatic heterocycles. The van der Waals surface area contributed by atoms with Crippen molar-refractivity contribution in [2.45, 2.75) is 145 Å². The van der Waals surface area contributed by atoms with E-state index in [-0.39, 0.29) is 46.1 Å². The fourth-order valence-corrected chi connectivity index (χ4v) is 9.31. The molecule has 1 aromatic carbocycles. The summed E-state index contributed by atoms with van der Waals surface area (Å²) in [4.78, 5) is 52.3. The Hall–Kier alpha value is -2.72. The molecule has 7 atom stereocenters. The van der Waals surface area contributed by atoms with Gasteiger partial charge in [-0.15, -0.1) is 12.6 Å². The number of carbonyl (C=O) groups is 3. The Morgan fingerprint density at radius 3 is 2.16 bits per heavy atom. The maximum Gasteiger partial charge on any atom is 0.243 e. The molecule has 3 heterocycles. The fourth-order valence-electron chi connectivity index (χ4n) is 8.99. The van der Waals surface area contributed by atoms with Gasteiger partial charge in [-0.2, -0.15) is 0 Å². The molecule has 2 amide bonds. The van der Waals surface area contributed by atoms with Crippen LogP contribution in [0.3, 0.4) is 0 Å². The zero-order valence-corrected chi connectivity index (χ0v) is 33.7. The van der Waals surface area contributed by atoms with Crippen molar-refractivity contribution in [3.63, 3.8) is 0 Å². The normalized spacial score (nSPS) is 32.1. The molecule has 1 aliphatic carbocycles. The first kappa shape index (κ1) is 41.7. The van der Waals surface area contributed by atoms with E-state index < -0.39 is 29.1 Å². The number of nitrogens with one attached hydrogen (secondary N) is 1. The number of ether oxygens (including phenoxy) is 1. The second kappa shape index (κ2) is 16.3. The number of fused-ring (bicyclic) bond motifs is 3. The molecule has 280 valence electrons. The quantitative estimate of drug-likeness (QED) is 0.280. The third-order valence-corrected chi connectivity index (χ3v) is 11.2. The average molecular weight is 712 g/mol. The number of rotatable bonds is 3. The van der Waals surface area contributed by atoms with Gasteiger partial charge in [-0.05, 0) is 79.2 Å². The van der Waals surface area contributed by atoms with Crippen LogP contribution in [0.2, 0.25) is 0 Å². The van der Waals surface area contributed by atoms with Crippen molar-refractivity contribution in [3.05, 3.63) is 30.5 Å². The molecule has 3 N–H and O–H groups in total. The van der Waals surface area contributed by atoms with Crippen LogP contribution in [-0.2, 0) is 14.4 Å². The average Bonchev–Trinajstić information content (AvgIpc) is 3.77. The minimum absolute atomic E-state index is 0.00179. The van der Waals surface area contributed by atoms with Crippen LogP contribution in [0.4, 0.5) is 0 Å². The molecule has 1 saturated carbocycles. The van der Waals surface area contributed by atoms with Gasteiger partial charge in [0.2, 0.25) is 22.8 Å². The lowest BCUT2D eigenvalue weighted by atomic mass is 9.68. The lowest BCUT2D eigenvalue weighted by Gasteiger charge is -2.48. The number of carbonyl (C=O) groups excluding carboxylic acids is 3. The molecule has 2 saturated heterocycles. The molecule has 5 rings (SSSR count). The van der Waals surface area contributed by atoms with Crippen molar-refractivity contribution in [1.29, 1.82) is 0 Å². The highest BCUT2D eigenvalue weighted by molar-refractivity contribution is 7.96. The summed E-state index contributed by atoms with van der Waals surface area (Å²) in [6.45, 7) is 25.6. The van der Waals surface area contributed by atoms with Gasteiger partial charge in [0.15, 0.2) is 0 Å². The van der Waals surface area contributed by atoms with E-state index in [1.54, 1.807) is 11.1 Å². The molecule has 1 aromatic heterocycles. The van der Waals surface area contributed by atoms with E-state index in [0.29, 0.717) is 36.6 Å². The summed E-state index contributed by atoms with van der Waals surface area (Å²) in [6.07, 6.45) is 5.38. The topological polar surface area (TPSA) is 128 Å². The number of nitrogens with two attached hydrogens (primary N) is 1. The van der Waals surface area contributed by atoms with E-state index in [4.69, 9.17) is 10.5 Å². The van der Waals surface area contributed by atoms with Gasteiger partial charge in [-0.1, -0.05) is 95.2 Å². The predicted octanol–water partition coefficient (Wildman–Crippen LogP) is 7.61. The summed E-state index contributed by atoms with van der Waals surface area (Å²) < 4.78 is 6.46. The number of thiol groups is 1. The van der Waals surface area contributed by atoms with Crippen LogP contribution in [0, 0.1) is 34.0 Å². The maximum atomic E-state index is 14.3. The Morgan fingerprint density at radius 2 is 1.54 bits per heavy atom. The van der Waals surface area contributed by atoms with Gasteiger partial charge in [0.05, 0.1) is 29.8 Å². The standard InChI is InChI=1S/C36H53N5O4S.2C2H6/c1-21-13-22(2)23-15-36(23,32(44)46)40-30(42)27-17-35(7,8)28(45-29-18-38-25-11-9-10-12-26(25)39-29)19-41(27)31(43)24(37)16-34(5,6)20-33(3,4)14-21;2*1-2/h9-12,18,21-24,27-28H,13-17,19-20,37H2,1-8H3,(H,40,42)(H,44,46);2*1-2H3/t21?,22-,23?,24?,27?,28?,36?;;/m0../s1. The molecule has 10 heteroatoms. The molecule has 0 spiro atoms. The van der Waals surface area contributed by atoms with Gasteiger partial charge in [-0.25, -0.2) is 9.97 Å². The van der Waals surface area contributed by atoms with Crippen LogP contribution in [-0.4, -0.2) is 62.1 Å². The van der Waals surface area contributed by atoms with Crippen LogP contribution in [0.1, 0.15) is 122 Å². The zero-order chi connectivity index (χ0) is 37.8. The van der Waals surface area contributed by atoms with E-state index >= 15 is 0 Å². The fraction of sp³-hybridized carbons (Fsp3) is 0.725. The summed E-state index contributed by atoms with van der Waals surface area (Å²) >= 11 is 4.27. The Bertz CT molecular complexity index is 1500. The number of para-hydroxylation sites is 2. The van der Waals surface area contributed by atoms with Crippen molar-refractivity contribution in [2.75, 3.05) is 6.54 Å². The van der Waals surface area contributed by atoms with Crippen LogP contribution in [0.5, 0.6) is 5.88 Å². The van der Waals surface area contributed by atoms with Gasteiger partial charge in [0, 0.05) is 5.41 Å². The molecule has 3 fully saturated rings. The highest BCUT2D eigenvalue weighted by Crippen LogP contribution is 2.53. The number of nitrogens with zero attached hydrogens (tertiary/aromatic N) is 3. The van der Waals surface area contributed by atoms with Crippen molar-refractivity contribution in [3.8, 4) is 5.88 Å². The molecule has 0 bridgehead atoms. The highest BCUT2D eigenvalue weighted by Gasteiger charge is 2.62. The van der Waals surface area contributed by atoms with Crippen LogP contribution < -0.4 is 15.8 Å². The van der Waals surface area contributed by atoms with E-state index in [0.717, 1.165) is 24.8 Å². The van der Waals surface area contributed by atoms with Crippen LogP contribution in [0.25, 0.3) is 11.0 Å². The SMILES string of the molecule is CC.CC.CC1C[C@H](C)C2CC2(C(=O)S)NC(=O)C2CC(C)(C)C(Oc3cnc4ccccc4n3)CN2C(=O)C(N)CC(C)(C)CC(C)(C)C1. The summed E-state index contributed by atoms with van der Waals surface area (Å²) in [5.41, 5.74) is 6.49. The van der Waals surface area contributed by atoms with Gasteiger partial charge < -0.3 is 20.7 Å². The lowest BCUT2D eigenvalue weighted by Crippen LogP contribution is -2.65. The Labute approximate surface area is 307 Å². The highest BCUT2D eigenvalue weighted by atomic mass is 32.1. The number of aromatic nitrogens is 2. The van der Waals surface area contributed by atoms with E-state index in [1.165, 1.54) is 0 Å². The van der Waals surface area contributed by atoms with Crippen molar-refractivity contribution >= 4 is 40.6 Å². The molecular formula is C40H65N5O4S. The Morgan fingerprint density at radius 1 is 0.940 bits per heavy atom. The Kier molecular flexibility index (Phi) is 13.6. The zero-order valence-electron chi connectivity index (χ0n) is 32.8. The summed E-state index contributed by atoms with van der Waals surface area (Å²) in [5.74, 6) is 0.409. The van der Waals surface area contributed by atoms with Gasteiger partial charge in [-0.3, -0.25) is 14.4 Å². The van der Waals surface area contributed by atoms with Gasteiger partial charge in [0.25, 0.3) is 0 Å². The molecular weight excluding hydrogens is 647 g/mol. The smallest absolute Gasteiger partial charge is 0.243 e. The monoisotopic (exact) mass is 711 g/mol. The molecule has 6 unspecified atom stereocenters. The number of hydrogen-bond donors (Lipinski definition) is 3. The van der Waals surface area contributed by atoms with E-state index in [9.17, 15) is 14.4 Å². The lowest BCUT2D eigenvalue weighted by molar-refractivity contribution is -0.152. The minimum atomic E-state index is -1.02. The van der Waals surface area contributed by atoms with E-state index in [2.05, 4.69) is 69.5 Å². The van der Waals surface area contributed by atoms with Crippen LogP contribution in [0.15, 0.2) is 30.5 Å². The van der Waals surface area contributed by atoms with Crippen molar-refractivity contribution < 1.29 is 19.1 Å².